The highest BCUT2D eigenvalue weighted by molar-refractivity contribution is 6.30. The molecule has 3 aromatic carbocycles. The normalized spacial score (nSPS) is 10.7. The Morgan fingerprint density at radius 1 is 0.971 bits per heavy atom. The minimum atomic E-state index is -0.708. The molecule has 1 aromatic heterocycles. The number of aliphatic hydroxyl groups is 1. The van der Waals surface area contributed by atoms with Gasteiger partial charge < -0.3 is 25.8 Å². The lowest BCUT2D eigenvalue weighted by molar-refractivity contribution is 0.262. The van der Waals surface area contributed by atoms with E-state index in [0.717, 1.165) is 12.1 Å². The van der Waals surface area contributed by atoms with Crippen molar-refractivity contribution in [1.82, 2.24) is 9.97 Å². The summed E-state index contributed by atoms with van der Waals surface area (Å²) in [7, 11) is 0. The summed E-state index contributed by atoms with van der Waals surface area (Å²) in [5, 5.41) is 16.7. The van der Waals surface area contributed by atoms with Crippen molar-refractivity contribution in [1.29, 1.82) is 0 Å². The van der Waals surface area contributed by atoms with Gasteiger partial charge in [0.15, 0.2) is 11.6 Å². The fourth-order valence-corrected chi connectivity index (χ4v) is 3.10. The van der Waals surface area contributed by atoms with E-state index in [0.29, 0.717) is 29.1 Å². The fourth-order valence-electron chi connectivity index (χ4n) is 2.98. The number of carbonyl (C=O) groups excluding carboxylic acids is 1. The summed E-state index contributed by atoms with van der Waals surface area (Å²) in [5.41, 5.74) is 1.50. The number of ether oxygens (including phenoxy) is 1. The van der Waals surface area contributed by atoms with Crippen molar-refractivity contribution in [3.63, 3.8) is 0 Å². The highest BCUT2D eigenvalue weighted by Gasteiger charge is 2.11. The summed E-state index contributed by atoms with van der Waals surface area (Å²) >= 11 is 5.62. The quantitative estimate of drug-likeness (QED) is 0.279. The standard InChI is InChI=1S/C23H18ClF2N5O3/c24-16-4-1-13(9-17(16)25)29-23(33)30-14-2-6-21(18(26)10-14)34-15-3-5-19-20(11-15)31-22(12-28-19)27-7-8-32/h1-6,9-12,32H,7-8H2,(H,27,31)(H2,29,30,33). The number of benzene rings is 3. The Balaban J connectivity index is 1.43. The van der Waals surface area contributed by atoms with E-state index in [2.05, 4.69) is 25.9 Å². The molecule has 34 heavy (non-hydrogen) atoms. The van der Waals surface area contributed by atoms with Crippen LogP contribution >= 0.6 is 11.6 Å². The molecule has 4 rings (SSSR count). The van der Waals surface area contributed by atoms with Crippen LogP contribution in [0.5, 0.6) is 11.5 Å². The van der Waals surface area contributed by atoms with Gasteiger partial charge in [-0.2, -0.15) is 0 Å². The summed E-state index contributed by atoms with van der Waals surface area (Å²) in [5.74, 6) is -0.625. The van der Waals surface area contributed by atoms with Gasteiger partial charge in [0.05, 0.1) is 28.9 Å². The van der Waals surface area contributed by atoms with Gasteiger partial charge in [-0.15, -0.1) is 0 Å². The number of nitrogens with one attached hydrogen (secondary N) is 3. The Morgan fingerprint density at radius 3 is 2.41 bits per heavy atom. The van der Waals surface area contributed by atoms with Gasteiger partial charge in [0.25, 0.3) is 0 Å². The first-order valence-electron chi connectivity index (χ1n) is 10.0. The number of nitrogens with zero attached hydrogens (tertiary/aromatic N) is 2. The van der Waals surface area contributed by atoms with Crippen LogP contribution in [-0.4, -0.2) is 34.3 Å². The summed E-state index contributed by atoms with van der Waals surface area (Å²) < 4.78 is 33.7. The van der Waals surface area contributed by atoms with Crippen LogP contribution in [0.4, 0.5) is 30.8 Å². The molecule has 0 aliphatic heterocycles. The number of carbonyl (C=O) groups is 1. The molecule has 174 valence electrons. The van der Waals surface area contributed by atoms with Crippen LogP contribution in [0, 0.1) is 11.6 Å². The molecule has 0 spiro atoms. The highest BCUT2D eigenvalue weighted by Crippen LogP contribution is 2.29. The largest absolute Gasteiger partial charge is 0.454 e. The van der Waals surface area contributed by atoms with Crippen LogP contribution in [0.3, 0.4) is 0 Å². The van der Waals surface area contributed by atoms with Gasteiger partial charge in [0.1, 0.15) is 17.4 Å². The number of amides is 2. The van der Waals surface area contributed by atoms with Gasteiger partial charge in [-0.1, -0.05) is 11.6 Å². The first kappa shape index (κ1) is 23.1. The lowest BCUT2D eigenvalue weighted by Crippen LogP contribution is -2.19. The summed E-state index contributed by atoms with van der Waals surface area (Å²) in [6.45, 7) is 0.283. The van der Waals surface area contributed by atoms with Crippen molar-refractivity contribution < 1.29 is 23.4 Å². The third-order valence-corrected chi connectivity index (χ3v) is 4.83. The van der Waals surface area contributed by atoms with Crippen molar-refractivity contribution in [3.8, 4) is 11.5 Å². The van der Waals surface area contributed by atoms with Crippen LogP contribution in [0.1, 0.15) is 0 Å². The predicted molar refractivity (Wildman–Crippen MR) is 126 cm³/mol. The van der Waals surface area contributed by atoms with Gasteiger partial charge >= 0.3 is 6.03 Å². The number of rotatable bonds is 7. The number of aromatic nitrogens is 2. The molecule has 2 amide bonds. The molecule has 0 radical (unpaired) electrons. The second-order valence-electron chi connectivity index (χ2n) is 7.01. The third kappa shape index (κ3) is 5.66. The van der Waals surface area contributed by atoms with Crippen molar-refractivity contribution in [3.05, 3.63) is 77.5 Å². The van der Waals surface area contributed by atoms with E-state index in [1.165, 1.54) is 24.3 Å². The topological polar surface area (TPSA) is 108 Å². The van der Waals surface area contributed by atoms with E-state index >= 15 is 0 Å². The van der Waals surface area contributed by atoms with Crippen LogP contribution in [0.15, 0.2) is 60.8 Å². The number of aliphatic hydroxyl groups excluding tert-OH is 1. The number of anilines is 3. The molecule has 0 unspecified atom stereocenters. The van der Waals surface area contributed by atoms with E-state index in [1.807, 2.05) is 0 Å². The Bertz CT molecular complexity index is 1360. The van der Waals surface area contributed by atoms with Crippen molar-refractivity contribution in [2.24, 2.45) is 0 Å². The van der Waals surface area contributed by atoms with Crippen LogP contribution in [0.2, 0.25) is 5.02 Å². The fraction of sp³-hybridized carbons (Fsp3) is 0.0870. The summed E-state index contributed by atoms with van der Waals surface area (Å²) in [6, 6.07) is 12.0. The molecule has 4 aromatic rings. The summed E-state index contributed by atoms with van der Waals surface area (Å²) in [4.78, 5) is 20.8. The number of halogens is 3. The van der Waals surface area contributed by atoms with Crippen molar-refractivity contribution in [2.45, 2.75) is 0 Å². The first-order chi connectivity index (χ1) is 16.4. The van der Waals surface area contributed by atoms with Crippen LogP contribution in [0.25, 0.3) is 11.0 Å². The minimum absolute atomic E-state index is 0.0473. The Morgan fingerprint density at radius 2 is 1.71 bits per heavy atom. The molecule has 0 atom stereocenters. The monoisotopic (exact) mass is 485 g/mol. The van der Waals surface area contributed by atoms with Crippen LogP contribution in [-0.2, 0) is 0 Å². The lowest BCUT2D eigenvalue weighted by atomic mass is 10.2. The molecule has 0 saturated carbocycles. The predicted octanol–water partition coefficient (Wildman–Crippen LogP) is 5.40. The number of urea groups is 1. The molecular weight excluding hydrogens is 468 g/mol. The zero-order chi connectivity index (χ0) is 24.1. The van der Waals surface area contributed by atoms with E-state index < -0.39 is 17.7 Å². The number of fused-ring (bicyclic) bond motifs is 1. The molecule has 8 nitrogen and oxygen atoms in total. The maximum Gasteiger partial charge on any atom is 0.323 e. The van der Waals surface area contributed by atoms with E-state index in [1.54, 1.807) is 24.4 Å². The van der Waals surface area contributed by atoms with Crippen LogP contribution < -0.4 is 20.7 Å². The molecule has 0 fully saturated rings. The third-order valence-electron chi connectivity index (χ3n) is 4.53. The smallest absolute Gasteiger partial charge is 0.323 e. The maximum absolute atomic E-state index is 14.6. The van der Waals surface area contributed by atoms with E-state index in [9.17, 15) is 13.6 Å². The molecule has 0 aliphatic rings. The van der Waals surface area contributed by atoms with Gasteiger partial charge in [-0.25, -0.2) is 18.6 Å². The molecule has 0 saturated heterocycles. The van der Waals surface area contributed by atoms with Gasteiger partial charge in [0.2, 0.25) is 0 Å². The minimum Gasteiger partial charge on any atom is -0.454 e. The second kappa shape index (κ2) is 10.3. The zero-order valence-corrected chi connectivity index (χ0v) is 18.2. The number of hydrogen-bond donors (Lipinski definition) is 4. The second-order valence-corrected chi connectivity index (χ2v) is 7.42. The molecule has 4 N–H and O–H groups in total. The molecule has 0 aliphatic carbocycles. The lowest BCUT2D eigenvalue weighted by Gasteiger charge is -2.11. The van der Waals surface area contributed by atoms with Crippen molar-refractivity contribution >= 4 is 45.9 Å². The van der Waals surface area contributed by atoms with E-state index in [4.69, 9.17) is 21.4 Å². The zero-order valence-electron chi connectivity index (χ0n) is 17.5. The van der Waals surface area contributed by atoms with Crippen molar-refractivity contribution in [2.75, 3.05) is 29.1 Å². The Kier molecular flexibility index (Phi) is 7.00. The van der Waals surface area contributed by atoms with Gasteiger partial charge in [-0.05, 0) is 42.5 Å². The average molecular weight is 486 g/mol. The highest BCUT2D eigenvalue weighted by atomic mass is 35.5. The van der Waals surface area contributed by atoms with Gasteiger partial charge in [0, 0.05) is 30.1 Å². The average Bonchev–Trinajstić information content (AvgIpc) is 2.81. The molecular formula is C23H18ClF2N5O3. The maximum atomic E-state index is 14.6. The molecule has 0 bridgehead atoms. The SMILES string of the molecule is O=C(Nc1ccc(Cl)c(F)c1)Nc1ccc(Oc2ccc3ncc(NCCO)nc3c2)c(F)c1. The Labute approximate surface area is 197 Å². The number of hydrogen-bond acceptors (Lipinski definition) is 6. The molecule has 1 heterocycles. The first-order valence-corrected chi connectivity index (χ1v) is 10.4. The Hall–Kier alpha value is -4.02. The van der Waals surface area contributed by atoms with E-state index in [-0.39, 0.29) is 28.8 Å². The summed E-state index contributed by atoms with van der Waals surface area (Å²) in [6.07, 6.45) is 1.55. The van der Waals surface area contributed by atoms with Gasteiger partial charge in [-0.3, -0.25) is 4.98 Å². The molecule has 11 heteroatoms.